The summed E-state index contributed by atoms with van der Waals surface area (Å²) in [4.78, 5) is 0. The van der Waals surface area contributed by atoms with E-state index in [0.29, 0.717) is 24.0 Å². The van der Waals surface area contributed by atoms with Gasteiger partial charge in [0.05, 0.1) is 38.6 Å². The Bertz CT molecular complexity index is 993. The molecule has 0 spiro atoms. The molecule has 4 heteroatoms. The van der Waals surface area contributed by atoms with Crippen molar-refractivity contribution in [3.05, 3.63) is 57.6 Å². The van der Waals surface area contributed by atoms with Gasteiger partial charge in [-0.25, -0.2) is 0 Å². The highest BCUT2D eigenvalue weighted by Gasteiger charge is 2.32. The van der Waals surface area contributed by atoms with E-state index in [0.717, 1.165) is 89.3 Å². The second kappa shape index (κ2) is 18.2. The molecule has 2 aliphatic heterocycles. The van der Waals surface area contributed by atoms with Crippen molar-refractivity contribution in [2.45, 2.75) is 144 Å². The average molecular weight is 607 g/mol. The van der Waals surface area contributed by atoms with Crippen molar-refractivity contribution < 1.29 is 18.9 Å². The van der Waals surface area contributed by atoms with Gasteiger partial charge in [-0.2, -0.15) is 0 Å². The zero-order valence-corrected chi connectivity index (χ0v) is 29.0. The Morgan fingerprint density at radius 1 is 0.568 bits per heavy atom. The van der Waals surface area contributed by atoms with Gasteiger partial charge >= 0.3 is 0 Å². The Morgan fingerprint density at radius 3 is 1.18 bits per heavy atom. The maximum Gasteiger partial charge on any atom is 0.125 e. The first-order valence-corrected chi connectivity index (χ1v) is 18.3. The fourth-order valence-corrected chi connectivity index (χ4v) is 7.12. The van der Waals surface area contributed by atoms with E-state index in [4.69, 9.17) is 18.9 Å². The lowest BCUT2D eigenvalue weighted by molar-refractivity contribution is 0.256. The van der Waals surface area contributed by atoms with Crippen molar-refractivity contribution in [1.82, 2.24) is 0 Å². The molecule has 2 aliphatic rings. The molecule has 4 nitrogen and oxygen atoms in total. The maximum atomic E-state index is 6.49. The van der Waals surface area contributed by atoms with Crippen LogP contribution in [0.3, 0.4) is 0 Å². The molecule has 4 unspecified atom stereocenters. The molecule has 0 aliphatic carbocycles. The molecule has 0 aromatic heterocycles. The summed E-state index contributed by atoms with van der Waals surface area (Å²) < 4.78 is 24.2. The van der Waals surface area contributed by atoms with Gasteiger partial charge in [0, 0.05) is 0 Å². The Labute approximate surface area is 269 Å². The zero-order valence-electron chi connectivity index (χ0n) is 29.0. The lowest BCUT2D eigenvalue weighted by atomic mass is 9.94. The van der Waals surface area contributed by atoms with Gasteiger partial charge in [-0.15, -0.1) is 0 Å². The van der Waals surface area contributed by atoms with E-state index in [9.17, 15) is 0 Å². The molecule has 2 fully saturated rings. The van der Waals surface area contributed by atoms with Gasteiger partial charge in [0.25, 0.3) is 0 Å². The van der Waals surface area contributed by atoms with E-state index in [1.807, 2.05) is 0 Å². The first-order chi connectivity index (χ1) is 21.5. The van der Waals surface area contributed by atoms with Crippen LogP contribution >= 0.6 is 0 Å². The lowest BCUT2D eigenvalue weighted by Crippen LogP contribution is -2.11. The maximum absolute atomic E-state index is 6.49. The molecule has 0 N–H and O–H groups in total. The molecule has 0 bridgehead atoms. The first kappa shape index (κ1) is 34.8. The largest absolute Gasteiger partial charge is 0.493 e. The summed E-state index contributed by atoms with van der Waals surface area (Å²) in [5.74, 6) is 3.69. The number of benzene rings is 2. The van der Waals surface area contributed by atoms with E-state index in [1.54, 1.807) is 0 Å². The first-order valence-electron chi connectivity index (χ1n) is 18.3. The van der Waals surface area contributed by atoms with Crippen molar-refractivity contribution >= 4 is 0 Å². The molecule has 0 amide bonds. The van der Waals surface area contributed by atoms with Crippen LogP contribution in [0, 0.1) is 11.8 Å². The van der Waals surface area contributed by atoms with Crippen LogP contribution < -0.4 is 9.47 Å². The van der Waals surface area contributed by atoms with Crippen molar-refractivity contribution in [2.75, 3.05) is 26.4 Å². The van der Waals surface area contributed by atoms with Gasteiger partial charge in [-0.05, 0) is 122 Å². The number of hydrogen-bond acceptors (Lipinski definition) is 4. The number of ether oxygens (including phenoxy) is 4. The minimum absolute atomic E-state index is 0.508. The highest BCUT2D eigenvalue weighted by atomic mass is 16.6. The van der Waals surface area contributed by atoms with Crippen molar-refractivity contribution in [1.29, 1.82) is 0 Å². The van der Waals surface area contributed by atoms with Gasteiger partial charge in [0.15, 0.2) is 0 Å². The molecule has 2 heterocycles. The van der Waals surface area contributed by atoms with Crippen LogP contribution in [0.1, 0.15) is 126 Å². The summed E-state index contributed by atoms with van der Waals surface area (Å²) in [5, 5.41) is 0. The summed E-state index contributed by atoms with van der Waals surface area (Å²) >= 11 is 0. The molecule has 4 rings (SSSR count). The predicted octanol–water partition coefficient (Wildman–Crippen LogP) is 9.67. The monoisotopic (exact) mass is 606 g/mol. The Kier molecular flexibility index (Phi) is 14.4. The highest BCUT2D eigenvalue weighted by Crippen LogP contribution is 2.33. The predicted molar refractivity (Wildman–Crippen MR) is 184 cm³/mol. The minimum atomic E-state index is 0.508. The van der Waals surface area contributed by atoms with E-state index < -0.39 is 0 Å². The normalized spacial score (nSPS) is 18.7. The second-order valence-corrected chi connectivity index (χ2v) is 13.2. The van der Waals surface area contributed by atoms with Crippen LogP contribution in [-0.4, -0.2) is 38.6 Å². The average Bonchev–Trinajstić information content (AvgIpc) is 3.97. The van der Waals surface area contributed by atoms with Crippen LogP contribution in [-0.2, 0) is 48.0 Å². The highest BCUT2D eigenvalue weighted by molar-refractivity contribution is 5.47. The van der Waals surface area contributed by atoms with Crippen LogP contribution in [0.2, 0.25) is 0 Å². The third-order valence-electron chi connectivity index (χ3n) is 9.85. The summed E-state index contributed by atoms with van der Waals surface area (Å²) in [7, 11) is 0. The third-order valence-corrected chi connectivity index (χ3v) is 9.85. The summed E-state index contributed by atoms with van der Waals surface area (Å²) in [6.07, 6.45) is 16.8. The Balaban J connectivity index is 1.34. The molecular formula is C40H62O4. The van der Waals surface area contributed by atoms with Crippen molar-refractivity contribution in [3.8, 4) is 11.5 Å². The fourth-order valence-electron chi connectivity index (χ4n) is 7.12. The molecular weight excluding hydrogens is 544 g/mol. The second-order valence-electron chi connectivity index (χ2n) is 13.2. The molecule has 0 radical (unpaired) electrons. The molecule has 4 atom stereocenters. The van der Waals surface area contributed by atoms with Gasteiger partial charge in [0.2, 0.25) is 0 Å². The number of hydrogen-bond donors (Lipinski definition) is 0. The molecule has 0 saturated carbocycles. The van der Waals surface area contributed by atoms with Gasteiger partial charge in [-0.1, -0.05) is 78.6 Å². The fraction of sp³-hybridized carbons (Fsp3) is 0.700. The van der Waals surface area contributed by atoms with Crippen LogP contribution in [0.15, 0.2) is 24.3 Å². The van der Waals surface area contributed by atoms with Gasteiger partial charge < -0.3 is 18.9 Å². The lowest BCUT2D eigenvalue weighted by Gasteiger charge is -2.19. The van der Waals surface area contributed by atoms with Gasteiger partial charge in [0.1, 0.15) is 11.5 Å². The van der Waals surface area contributed by atoms with Crippen LogP contribution in [0.5, 0.6) is 11.5 Å². The van der Waals surface area contributed by atoms with Crippen LogP contribution in [0.4, 0.5) is 0 Å². The quantitative estimate of drug-likeness (QED) is 0.0933. The SMILES string of the molecule is CCCC(CCCOc1c(CC)cc(CCc2cc(CC)c(OCCCC(CCC)C3CO3)c(CC)c2)cc1CC)C1CO1. The summed E-state index contributed by atoms with van der Waals surface area (Å²) in [6.45, 7) is 17.1. The Morgan fingerprint density at radius 2 is 0.909 bits per heavy atom. The molecule has 2 aromatic rings. The molecule has 44 heavy (non-hydrogen) atoms. The Hall–Kier alpha value is -2.04. The van der Waals surface area contributed by atoms with E-state index in [1.165, 1.54) is 71.9 Å². The van der Waals surface area contributed by atoms with Crippen molar-refractivity contribution in [2.24, 2.45) is 11.8 Å². The molecule has 2 aromatic carbocycles. The summed E-state index contributed by atoms with van der Waals surface area (Å²) in [5.41, 5.74) is 8.29. The van der Waals surface area contributed by atoms with Crippen molar-refractivity contribution in [3.63, 3.8) is 0 Å². The van der Waals surface area contributed by atoms with Gasteiger partial charge in [-0.3, -0.25) is 0 Å². The minimum Gasteiger partial charge on any atom is -0.493 e. The number of epoxide rings is 2. The number of aryl methyl sites for hydroxylation is 6. The number of rotatable bonds is 23. The standard InChI is InChI=1S/C40H62O4/c1-7-15-35(37-27-43-37)17-13-21-41-39-31(9-3)23-29(24-32(39)10-4)19-20-30-25-33(11-5)40(34(12-6)26-30)42-22-14-18-36(16-8-2)38-28-44-38/h23-26,35-38H,7-22,27-28H2,1-6H3. The molecule has 2 saturated heterocycles. The zero-order chi connectivity index (χ0) is 31.3. The van der Waals surface area contributed by atoms with E-state index in [2.05, 4.69) is 65.8 Å². The molecule has 246 valence electrons. The summed E-state index contributed by atoms with van der Waals surface area (Å²) in [6, 6.07) is 9.63. The van der Waals surface area contributed by atoms with E-state index >= 15 is 0 Å². The topological polar surface area (TPSA) is 43.5 Å². The smallest absolute Gasteiger partial charge is 0.125 e. The van der Waals surface area contributed by atoms with E-state index in [-0.39, 0.29) is 0 Å². The van der Waals surface area contributed by atoms with Crippen LogP contribution in [0.25, 0.3) is 0 Å². The third kappa shape index (κ3) is 10.2.